The maximum Gasteiger partial charge on any atom is 0.269 e. The molecule has 1 aromatic carbocycles. The number of aromatic amines is 1. The van der Waals surface area contributed by atoms with Crippen LogP contribution in [0.4, 0.5) is 0 Å². The molecule has 1 aromatic heterocycles. The van der Waals surface area contributed by atoms with E-state index in [4.69, 9.17) is 11.6 Å². The molecule has 94 valence electrons. The third-order valence-electron chi connectivity index (χ3n) is 2.51. The number of hydrogen-bond acceptors (Lipinski definition) is 3. The minimum atomic E-state index is -0.474. The summed E-state index contributed by atoms with van der Waals surface area (Å²) in [5, 5.41) is 18.9. The van der Waals surface area contributed by atoms with Gasteiger partial charge in [-0.3, -0.25) is 9.89 Å². The fourth-order valence-corrected chi connectivity index (χ4v) is 1.67. The van der Waals surface area contributed by atoms with Gasteiger partial charge >= 0.3 is 0 Å². The highest BCUT2D eigenvalue weighted by Crippen LogP contribution is 2.16. The van der Waals surface area contributed by atoms with Crippen LogP contribution in [-0.4, -0.2) is 27.8 Å². The number of nitrogens with zero attached hydrogens (tertiary/aromatic N) is 1. The number of nitrogens with one attached hydrogen (secondary N) is 2. The quantitative estimate of drug-likeness (QED) is 0.784. The SMILES string of the molecule is O=C(NC(CO)c1ccc(Cl)cc1)c1ccn[nH]1. The van der Waals surface area contributed by atoms with Crippen LogP contribution in [0.15, 0.2) is 36.5 Å². The first-order valence-corrected chi connectivity index (χ1v) is 5.75. The Hall–Kier alpha value is -1.85. The summed E-state index contributed by atoms with van der Waals surface area (Å²) in [6.45, 7) is -0.193. The van der Waals surface area contributed by atoms with Crippen molar-refractivity contribution in [2.24, 2.45) is 0 Å². The molecule has 0 aliphatic rings. The Kier molecular flexibility index (Phi) is 3.96. The van der Waals surface area contributed by atoms with E-state index in [0.717, 1.165) is 5.56 Å². The van der Waals surface area contributed by atoms with Gasteiger partial charge < -0.3 is 10.4 Å². The number of halogens is 1. The molecule has 18 heavy (non-hydrogen) atoms. The molecule has 1 amide bonds. The molecule has 0 aliphatic carbocycles. The fourth-order valence-electron chi connectivity index (χ4n) is 1.55. The van der Waals surface area contributed by atoms with Crippen LogP contribution in [0.25, 0.3) is 0 Å². The first kappa shape index (κ1) is 12.6. The van der Waals surface area contributed by atoms with Gasteiger partial charge in [-0.25, -0.2) is 0 Å². The van der Waals surface area contributed by atoms with Crippen LogP contribution in [-0.2, 0) is 0 Å². The standard InChI is InChI=1S/C12H12ClN3O2/c13-9-3-1-8(2-4-9)11(7-17)15-12(18)10-5-6-14-16-10/h1-6,11,17H,7H2,(H,14,16)(H,15,18). The maximum atomic E-state index is 11.8. The van der Waals surface area contributed by atoms with Gasteiger partial charge in [0.05, 0.1) is 12.6 Å². The molecule has 0 saturated carbocycles. The van der Waals surface area contributed by atoms with Gasteiger partial charge in [0.25, 0.3) is 5.91 Å². The summed E-state index contributed by atoms with van der Waals surface area (Å²) in [6.07, 6.45) is 1.49. The van der Waals surface area contributed by atoms with E-state index in [2.05, 4.69) is 15.5 Å². The monoisotopic (exact) mass is 265 g/mol. The zero-order valence-electron chi connectivity index (χ0n) is 9.43. The van der Waals surface area contributed by atoms with Crippen molar-refractivity contribution in [1.29, 1.82) is 0 Å². The maximum absolute atomic E-state index is 11.8. The van der Waals surface area contributed by atoms with Crippen molar-refractivity contribution < 1.29 is 9.90 Å². The summed E-state index contributed by atoms with van der Waals surface area (Å²) in [5.74, 6) is -0.318. The van der Waals surface area contributed by atoms with Gasteiger partial charge in [0.15, 0.2) is 0 Å². The summed E-state index contributed by atoms with van der Waals surface area (Å²) >= 11 is 5.78. The van der Waals surface area contributed by atoms with Gasteiger partial charge in [-0.05, 0) is 23.8 Å². The molecular weight excluding hydrogens is 254 g/mol. The van der Waals surface area contributed by atoms with Crippen molar-refractivity contribution in [3.63, 3.8) is 0 Å². The van der Waals surface area contributed by atoms with E-state index in [1.54, 1.807) is 30.3 Å². The zero-order chi connectivity index (χ0) is 13.0. The lowest BCUT2D eigenvalue weighted by atomic mass is 10.1. The predicted molar refractivity (Wildman–Crippen MR) is 67.3 cm³/mol. The van der Waals surface area contributed by atoms with E-state index < -0.39 is 6.04 Å². The van der Waals surface area contributed by atoms with E-state index in [0.29, 0.717) is 10.7 Å². The van der Waals surface area contributed by atoms with Gasteiger partial charge in [0.2, 0.25) is 0 Å². The number of aliphatic hydroxyl groups is 1. The Bertz CT molecular complexity index is 511. The van der Waals surface area contributed by atoms with Crippen LogP contribution in [0.1, 0.15) is 22.1 Å². The molecule has 2 rings (SSSR count). The highest BCUT2D eigenvalue weighted by atomic mass is 35.5. The average Bonchev–Trinajstić information content (AvgIpc) is 2.91. The Morgan fingerprint density at radius 1 is 1.39 bits per heavy atom. The van der Waals surface area contributed by atoms with E-state index in [1.165, 1.54) is 6.20 Å². The first-order chi connectivity index (χ1) is 8.70. The largest absolute Gasteiger partial charge is 0.394 e. The van der Waals surface area contributed by atoms with Gasteiger partial charge in [-0.1, -0.05) is 23.7 Å². The molecule has 0 fully saturated rings. The molecule has 5 nitrogen and oxygen atoms in total. The van der Waals surface area contributed by atoms with Crippen LogP contribution < -0.4 is 5.32 Å². The first-order valence-electron chi connectivity index (χ1n) is 5.37. The average molecular weight is 266 g/mol. The smallest absolute Gasteiger partial charge is 0.269 e. The lowest BCUT2D eigenvalue weighted by molar-refractivity contribution is 0.0911. The molecule has 1 atom stereocenters. The number of hydrogen-bond donors (Lipinski definition) is 3. The molecule has 1 unspecified atom stereocenters. The number of aliphatic hydroxyl groups excluding tert-OH is 1. The van der Waals surface area contributed by atoms with Gasteiger partial charge in [-0.2, -0.15) is 5.10 Å². The molecular formula is C12H12ClN3O2. The number of benzene rings is 1. The Balaban J connectivity index is 2.10. The van der Waals surface area contributed by atoms with Crippen molar-refractivity contribution in [2.45, 2.75) is 6.04 Å². The van der Waals surface area contributed by atoms with Gasteiger partial charge in [0.1, 0.15) is 5.69 Å². The summed E-state index contributed by atoms with van der Waals surface area (Å²) in [4.78, 5) is 11.8. The molecule has 2 aromatic rings. The number of rotatable bonds is 4. The van der Waals surface area contributed by atoms with Crippen molar-refractivity contribution >= 4 is 17.5 Å². The summed E-state index contributed by atoms with van der Waals surface area (Å²) in [5.41, 5.74) is 1.14. The minimum absolute atomic E-state index is 0.193. The molecule has 6 heteroatoms. The second kappa shape index (κ2) is 5.66. The lowest BCUT2D eigenvalue weighted by Crippen LogP contribution is -2.31. The van der Waals surface area contributed by atoms with Crippen LogP contribution in [0.3, 0.4) is 0 Å². The van der Waals surface area contributed by atoms with E-state index in [-0.39, 0.29) is 12.5 Å². The number of carbonyl (C=O) groups is 1. The van der Waals surface area contributed by atoms with E-state index >= 15 is 0 Å². The van der Waals surface area contributed by atoms with Crippen molar-refractivity contribution in [2.75, 3.05) is 6.61 Å². The lowest BCUT2D eigenvalue weighted by Gasteiger charge is -2.16. The van der Waals surface area contributed by atoms with Gasteiger partial charge in [-0.15, -0.1) is 0 Å². The molecule has 0 bridgehead atoms. The normalized spacial score (nSPS) is 12.1. The van der Waals surface area contributed by atoms with Crippen LogP contribution in [0.2, 0.25) is 5.02 Å². The second-order valence-corrected chi connectivity index (χ2v) is 4.17. The molecule has 0 saturated heterocycles. The molecule has 3 N–H and O–H groups in total. The Morgan fingerprint density at radius 2 is 2.11 bits per heavy atom. The third kappa shape index (κ3) is 2.88. The highest BCUT2D eigenvalue weighted by molar-refractivity contribution is 6.30. The second-order valence-electron chi connectivity index (χ2n) is 3.73. The van der Waals surface area contributed by atoms with E-state index in [1.807, 2.05) is 0 Å². The predicted octanol–water partition coefficient (Wildman–Crippen LogP) is 1.53. The number of H-pyrrole nitrogens is 1. The molecule has 0 radical (unpaired) electrons. The third-order valence-corrected chi connectivity index (χ3v) is 2.76. The molecule has 0 spiro atoms. The Labute approximate surface area is 109 Å². The Morgan fingerprint density at radius 3 is 2.67 bits per heavy atom. The topological polar surface area (TPSA) is 78.0 Å². The minimum Gasteiger partial charge on any atom is -0.394 e. The molecule has 0 aliphatic heterocycles. The van der Waals surface area contributed by atoms with Crippen molar-refractivity contribution in [3.8, 4) is 0 Å². The number of carbonyl (C=O) groups excluding carboxylic acids is 1. The van der Waals surface area contributed by atoms with Crippen LogP contribution >= 0.6 is 11.6 Å². The fraction of sp³-hybridized carbons (Fsp3) is 0.167. The van der Waals surface area contributed by atoms with Crippen molar-refractivity contribution in [3.05, 3.63) is 52.8 Å². The van der Waals surface area contributed by atoms with Crippen molar-refractivity contribution in [1.82, 2.24) is 15.5 Å². The van der Waals surface area contributed by atoms with Crippen LogP contribution in [0, 0.1) is 0 Å². The zero-order valence-corrected chi connectivity index (χ0v) is 10.2. The highest BCUT2D eigenvalue weighted by Gasteiger charge is 2.15. The summed E-state index contributed by atoms with van der Waals surface area (Å²) in [7, 11) is 0. The van der Waals surface area contributed by atoms with Gasteiger partial charge in [0, 0.05) is 11.2 Å². The van der Waals surface area contributed by atoms with Crippen LogP contribution in [0.5, 0.6) is 0 Å². The van der Waals surface area contributed by atoms with E-state index in [9.17, 15) is 9.90 Å². The number of aromatic nitrogens is 2. The summed E-state index contributed by atoms with van der Waals surface area (Å²) in [6, 6.07) is 8.03. The summed E-state index contributed by atoms with van der Waals surface area (Å²) < 4.78 is 0. The molecule has 1 heterocycles. The number of amides is 1.